The molecule has 3 N–H and O–H groups in total. The molecule has 0 aromatic heterocycles. The molecule has 0 heterocycles. The molecule has 0 aliphatic heterocycles. The maximum Gasteiger partial charge on any atom is 0.349 e. The smallest absolute Gasteiger partial charge is 0.349 e. The van der Waals surface area contributed by atoms with Crippen molar-refractivity contribution in [3.63, 3.8) is 0 Å². The quantitative estimate of drug-likeness (QED) is 0.199. The lowest BCUT2D eigenvalue weighted by atomic mass is 10.2. The zero-order valence-corrected chi connectivity index (χ0v) is 12.5. The largest absolute Gasteiger partial charge is 0.480 e. The zero-order chi connectivity index (χ0) is 16.4. The number of rotatable bonds is 7. The Morgan fingerprint density at radius 2 is 1.86 bits per heavy atom. The molecular weight excluding hydrogens is 286 g/mol. The molecule has 22 heavy (non-hydrogen) atoms. The van der Waals surface area contributed by atoms with Crippen molar-refractivity contribution in [3.05, 3.63) is 47.4 Å². The van der Waals surface area contributed by atoms with Crippen molar-refractivity contribution in [2.24, 2.45) is 15.9 Å². The highest BCUT2D eigenvalue weighted by molar-refractivity contribution is 6.18. The fourth-order valence-electron chi connectivity index (χ4n) is 1.46. The van der Waals surface area contributed by atoms with E-state index in [2.05, 4.69) is 10.2 Å². The number of nitrogens with two attached hydrogens (primary N) is 1. The number of esters is 1. The maximum absolute atomic E-state index is 11.8. The van der Waals surface area contributed by atoms with Gasteiger partial charge in [0.2, 0.25) is 0 Å². The first-order valence-electron chi connectivity index (χ1n) is 6.75. The monoisotopic (exact) mass is 305 g/mol. The number of carbonyl (C=O) groups is 1. The van der Waals surface area contributed by atoms with Crippen LogP contribution >= 0.6 is 0 Å². The van der Waals surface area contributed by atoms with Crippen LogP contribution in [-0.2, 0) is 14.3 Å². The molecule has 1 aromatic rings. The molecule has 0 saturated carbocycles. The molecule has 0 spiro atoms. The summed E-state index contributed by atoms with van der Waals surface area (Å²) in [6.45, 7) is 3.58. The summed E-state index contributed by atoms with van der Waals surface area (Å²) in [5, 5.41) is 17.2. The highest BCUT2D eigenvalue weighted by Crippen LogP contribution is 2.07. The first kappa shape index (κ1) is 17.2. The van der Waals surface area contributed by atoms with Crippen molar-refractivity contribution in [1.82, 2.24) is 0 Å². The van der Waals surface area contributed by atoms with Gasteiger partial charge in [-0.1, -0.05) is 30.3 Å². The standard InChI is InChI=1S/C15H19N3O4/c1-3-21-14(19)12(15(20)22-4-2)13(16)18-17-10-11-8-6-5-7-9-11/h5-10,19H,3-4H2,1-2H3,(H2,16,18)/b14-12-,17-10-. The zero-order valence-electron chi connectivity index (χ0n) is 12.5. The number of ether oxygens (including phenoxy) is 2. The normalized spacial score (nSPS) is 12.9. The maximum atomic E-state index is 11.8. The number of nitrogens with zero attached hydrogens (tertiary/aromatic N) is 2. The third-order valence-corrected chi connectivity index (χ3v) is 2.40. The Labute approximate surface area is 128 Å². The fourth-order valence-corrected chi connectivity index (χ4v) is 1.46. The second kappa shape index (κ2) is 9.17. The van der Waals surface area contributed by atoms with E-state index in [9.17, 15) is 9.90 Å². The van der Waals surface area contributed by atoms with Crippen LogP contribution in [0, 0.1) is 0 Å². The summed E-state index contributed by atoms with van der Waals surface area (Å²) in [5.74, 6) is -1.77. The third-order valence-electron chi connectivity index (χ3n) is 2.40. The Morgan fingerprint density at radius 1 is 1.23 bits per heavy atom. The van der Waals surface area contributed by atoms with Crippen molar-refractivity contribution in [2.75, 3.05) is 13.2 Å². The van der Waals surface area contributed by atoms with Gasteiger partial charge in [-0.3, -0.25) is 0 Å². The van der Waals surface area contributed by atoms with Crippen molar-refractivity contribution in [2.45, 2.75) is 13.8 Å². The van der Waals surface area contributed by atoms with E-state index >= 15 is 0 Å². The molecule has 0 fully saturated rings. The summed E-state index contributed by atoms with van der Waals surface area (Å²) in [6.07, 6.45) is 1.47. The molecule has 0 aliphatic rings. The van der Waals surface area contributed by atoms with Crippen LogP contribution in [0.2, 0.25) is 0 Å². The molecule has 7 heteroatoms. The topological polar surface area (TPSA) is 106 Å². The third kappa shape index (κ3) is 5.28. The molecule has 0 unspecified atom stereocenters. The summed E-state index contributed by atoms with van der Waals surface area (Å²) >= 11 is 0. The van der Waals surface area contributed by atoms with Crippen LogP contribution in [0.15, 0.2) is 52.1 Å². The van der Waals surface area contributed by atoms with Gasteiger partial charge in [-0.25, -0.2) is 4.79 Å². The molecule has 1 rings (SSSR count). The highest BCUT2D eigenvalue weighted by Gasteiger charge is 2.22. The van der Waals surface area contributed by atoms with Gasteiger partial charge >= 0.3 is 5.97 Å². The van der Waals surface area contributed by atoms with E-state index in [1.54, 1.807) is 13.8 Å². The van der Waals surface area contributed by atoms with Gasteiger partial charge in [0.25, 0.3) is 5.95 Å². The second-order valence-electron chi connectivity index (χ2n) is 3.97. The lowest BCUT2D eigenvalue weighted by Gasteiger charge is -2.08. The van der Waals surface area contributed by atoms with Gasteiger partial charge in [-0.2, -0.15) is 5.10 Å². The van der Waals surface area contributed by atoms with Crippen LogP contribution < -0.4 is 5.73 Å². The van der Waals surface area contributed by atoms with Crippen LogP contribution in [0.4, 0.5) is 0 Å². The number of benzene rings is 1. The van der Waals surface area contributed by atoms with E-state index in [0.29, 0.717) is 0 Å². The minimum absolute atomic E-state index is 0.127. The van der Waals surface area contributed by atoms with Crippen molar-refractivity contribution in [1.29, 1.82) is 0 Å². The van der Waals surface area contributed by atoms with E-state index in [-0.39, 0.29) is 24.6 Å². The van der Waals surface area contributed by atoms with Crippen LogP contribution in [0.5, 0.6) is 0 Å². The molecule has 118 valence electrons. The van der Waals surface area contributed by atoms with Crippen molar-refractivity contribution in [3.8, 4) is 0 Å². The molecule has 0 aliphatic carbocycles. The SMILES string of the molecule is CCOC(=O)C(=C(/O)OCC)/C(N)=N\N=C/c1ccccc1. The Morgan fingerprint density at radius 3 is 2.45 bits per heavy atom. The lowest BCUT2D eigenvalue weighted by molar-refractivity contribution is -0.138. The van der Waals surface area contributed by atoms with Crippen molar-refractivity contribution < 1.29 is 19.4 Å². The summed E-state index contributed by atoms with van der Waals surface area (Å²) < 4.78 is 9.69. The average Bonchev–Trinajstić information content (AvgIpc) is 2.49. The average molecular weight is 305 g/mol. The summed E-state index contributed by atoms with van der Waals surface area (Å²) in [5.41, 5.74) is 6.14. The number of amidine groups is 1. The summed E-state index contributed by atoms with van der Waals surface area (Å²) in [4.78, 5) is 11.8. The van der Waals surface area contributed by atoms with Gasteiger partial charge in [-0.15, -0.1) is 5.10 Å². The van der Waals surface area contributed by atoms with E-state index < -0.39 is 11.9 Å². The van der Waals surface area contributed by atoms with E-state index in [1.165, 1.54) is 6.21 Å². The van der Waals surface area contributed by atoms with Crippen LogP contribution in [0.1, 0.15) is 19.4 Å². The van der Waals surface area contributed by atoms with Crippen LogP contribution in [-0.4, -0.2) is 36.3 Å². The molecule has 7 nitrogen and oxygen atoms in total. The van der Waals surface area contributed by atoms with Gasteiger partial charge in [0, 0.05) is 0 Å². The number of hydrogen-bond acceptors (Lipinski definition) is 6. The molecule has 0 saturated heterocycles. The number of hydrogen-bond donors (Lipinski definition) is 2. The minimum Gasteiger partial charge on any atom is -0.480 e. The van der Waals surface area contributed by atoms with Gasteiger partial charge in [0.05, 0.1) is 19.4 Å². The first-order valence-corrected chi connectivity index (χ1v) is 6.75. The predicted molar refractivity (Wildman–Crippen MR) is 83.6 cm³/mol. The van der Waals surface area contributed by atoms with Crippen LogP contribution in [0.25, 0.3) is 0 Å². The molecule has 0 atom stereocenters. The van der Waals surface area contributed by atoms with Gasteiger partial charge in [0.15, 0.2) is 11.4 Å². The lowest BCUT2D eigenvalue weighted by Crippen LogP contribution is -2.25. The van der Waals surface area contributed by atoms with Crippen molar-refractivity contribution >= 4 is 18.0 Å². The Kier molecular flexibility index (Phi) is 7.18. The predicted octanol–water partition coefficient (Wildman–Crippen LogP) is 1.75. The second-order valence-corrected chi connectivity index (χ2v) is 3.97. The number of aliphatic hydroxyl groups excluding tert-OH is 1. The molecule has 0 bridgehead atoms. The van der Waals surface area contributed by atoms with Crippen LogP contribution in [0.3, 0.4) is 0 Å². The van der Waals surface area contributed by atoms with Gasteiger partial charge in [-0.05, 0) is 19.4 Å². The molecule has 1 aromatic carbocycles. The Bertz CT molecular complexity index is 580. The highest BCUT2D eigenvalue weighted by atomic mass is 16.6. The van der Waals surface area contributed by atoms with Gasteiger partial charge < -0.3 is 20.3 Å². The van der Waals surface area contributed by atoms with E-state index in [4.69, 9.17) is 15.2 Å². The molecular formula is C15H19N3O4. The Hall–Kier alpha value is -2.83. The van der Waals surface area contributed by atoms with E-state index in [0.717, 1.165) is 5.56 Å². The molecule has 0 radical (unpaired) electrons. The number of aliphatic hydroxyl groups is 1. The summed E-state index contributed by atoms with van der Waals surface area (Å²) in [6, 6.07) is 9.22. The van der Waals surface area contributed by atoms with E-state index in [1.807, 2.05) is 30.3 Å². The summed E-state index contributed by atoms with van der Waals surface area (Å²) in [7, 11) is 0. The molecule has 0 amide bonds. The minimum atomic E-state index is -0.829. The Balaban J connectivity index is 2.98. The van der Waals surface area contributed by atoms with Gasteiger partial charge in [0.1, 0.15) is 0 Å². The fraction of sp³-hybridized carbons (Fsp3) is 0.267. The number of carbonyl (C=O) groups excluding carboxylic acids is 1. The first-order chi connectivity index (χ1) is 10.6.